The largest absolute Gasteiger partial charge is 0.366 e. The molecule has 2 aromatic rings. The van der Waals surface area contributed by atoms with E-state index in [9.17, 15) is 4.79 Å². The maximum absolute atomic E-state index is 11.1. The van der Waals surface area contributed by atoms with Gasteiger partial charge in [-0.3, -0.25) is 4.79 Å². The Morgan fingerprint density at radius 1 is 1.47 bits per heavy atom. The molecular weight excluding hydrogens is 216 g/mol. The van der Waals surface area contributed by atoms with Crippen LogP contribution in [0.5, 0.6) is 0 Å². The second-order valence-corrected chi connectivity index (χ2v) is 4.05. The van der Waals surface area contributed by atoms with Crippen LogP contribution in [0.25, 0.3) is 11.0 Å². The average Bonchev–Trinajstić information content (AvgIpc) is 2.63. The monoisotopic (exact) mass is 232 g/mol. The number of amides is 1. The van der Waals surface area contributed by atoms with Gasteiger partial charge in [0.15, 0.2) is 0 Å². The standard InChI is InChI=1S/C12H16N4O/c1-16-10-5-4-8(12(14)17)7-9(10)15-11(16)3-2-6-13/h4-5,7H,2-3,6,13H2,1H3,(H2,14,17). The number of primary amides is 1. The lowest BCUT2D eigenvalue weighted by atomic mass is 10.2. The molecule has 2 rings (SSSR count). The molecule has 0 spiro atoms. The van der Waals surface area contributed by atoms with E-state index in [-0.39, 0.29) is 0 Å². The third kappa shape index (κ3) is 2.14. The SMILES string of the molecule is Cn1c(CCCN)nc2cc(C(N)=O)ccc21. The van der Waals surface area contributed by atoms with Crippen LogP contribution in [0.1, 0.15) is 22.6 Å². The molecule has 0 aliphatic heterocycles. The first-order valence-corrected chi connectivity index (χ1v) is 5.58. The van der Waals surface area contributed by atoms with Crippen molar-refractivity contribution in [3.63, 3.8) is 0 Å². The number of nitrogens with two attached hydrogens (primary N) is 2. The molecule has 0 aliphatic carbocycles. The number of carbonyl (C=O) groups excluding carboxylic acids is 1. The zero-order valence-electron chi connectivity index (χ0n) is 9.81. The topological polar surface area (TPSA) is 86.9 Å². The molecule has 0 atom stereocenters. The van der Waals surface area contributed by atoms with Gasteiger partial charge in [-0.2, -0.15) is 0 Å². The van der Waals surface area contributed by atoms with E-state index in [1.165, 1.54) is 0 Å². The summed E-state index contributed by atoms with van der Waals surface area (Å²) in [7, 11) is 1.96. The average molecular weight is 232 g/mol. The second kappa shape index (κ2) is 4.55. The van der Waals surface area contributed by atoms with Crippen LogP contribution < -0.4 is 11.5 Å². The lowest BCUT2D eigenvalue weighted by Crippen LogP contribution is -2.10. The summed E-state index contributed by atoms with van der Waals surface area (Å²) >= 11 is 0. The van der Waals surface area contributed by atoms with Crippen LogP contribution in [0.4, 0.5) is 0 Å². The Balaban J connectivity index is 2.45. The molecule has 1 aromatic carbocycles. The van der Waals surface area contributed by atoms with Crippen molar-refractivity contribution in [2.45, 2.75) is 12.8 Å². The Morgan fingerprint density at radius 3 is 2.88 bits per heavy atom. The molecular formula is C12H16N4O. The van der Waals surface area contributed by atoms with Crippen LogP contribution in [0.3, 0.4) is 0 Å². The van der Waals surface area contributed by atoms with Gasteiger partial charge in [-0.05, 0) is 31.2 Å². The zero-order chi connectivity index (χ0) is 12.4. The Morgan fingerprint density at radius 2 is 2.24 bits per heavy atom. The fourth-order valence-electron chi connectivity index (χ4n) is 1.89. The molecule has 17 heavy (non-hydrogen) atoms. The van der Waals surface area contributed by atoms with Crippen molar-refractivity contribution in [1.82, 2.24) is 9.55 Å². The highest BCUT2D eigenvalue weighted by Gasteiger charge is 2.09. The maximum Gasteiger partial charge on any atom is 0.248 e. The second-order valence-electron chi connectivity index (χ2n) is 4.05. The smallest absolute Gasteiger partial charge is 0.248 e. The molecule has 5 nitrogen and oxygen atoms in total. The van der Waals surface area contributed by atoms with E-state index < -0.39 is 5.91 Å². The lowest BCUT2D eigenvalue weighted by molar-refractivity contribution is 0.100. The molecule has 0 bridgehead atoms. The number of aryl methyl sites for hydroxylation is 2. The molecule has 0 saturated carbocycles. The molecule has 1 heterocycles. The predicted octanol–water partition coefficient (Wildman–Crippen LogP) is 0.564. The van der Waals surface area contributed by atoms with E-state index in [4.69, 9.17) is 11.5 Å². The molecule has 0 unspecified atom stereocenters. The van der Waals surface area contributed by atoms with Crippen LogP contribution in [-0.4, -0.2) is 22.0 Å². The lowest BCUT2D eigenvalue weighted by Gasteiger charge is -2.00. The van der Waals surface area contributed by atoms with E-state index in [0.29, 0.717) is 12.1 Å². The van der Waals surface area contributed by atoms with Crippen molar-refractivity contribution in [3.8, 4) is 0 Å². The van der Waals surface area contributed by atoms with Gasteiger partial charge < -0.3 is 16.0 Å². The van der Waals surface area contributed by atoms with E-state index >= 15 is 0 Å². The van der Waals surface area contributed by atoms with Gasteiger partial charge in [0.05, 0.1) is 11.0 Å². The maximum atomic E-state index is 11.1. The number of rotatable bonds is 4. The normalized spacial score (nSPS) is 10.9. The first-order chi connectivity index (χ1) is 8.13. The number of carbonyl (C=O) groups is 1. The fourth-order valence-corrected chi connectivity index (χ4v) is 1.89. The van der Waals surface area contributed by atoms with Crippen molar-refractivity contribution >= 4 is 16.9 Å². The third-order valence-electron chi connectivity index (χ3n) is 2.86. The van der Waals surface area contributed by atoms with Crippen molar-refractivity contribution in [3.05, 3.63) is 29.6 Å². The third-order valence-corrected chi connectivity index (χ3v) is 2.86. The van der Waals surface area contributed by atoms with Crippen LogP contribution in [0.2, 0.25) is 0 Å². The molecule has 1 aromatic heterocycles. The highest BCUT2D eigenvalue weighted by Crippen LogP contribution is 2.17. The highest BCUT2D eigenvalue weighted by molar-refractivity contribution is 5.96. The van der Waals surface area contributed by atoms with Crippen LogP contribution >= 0.6 is 0 Å². The first-order valence-electron chi connectivity index (χ1n) is 5.58. The van der Waals surface area contributed by atoms with Crippen molar-refractivity contribution < 1.29 is 4.79 Å². The minimum Gasteiger partial charge on any atom is -0.366 e. The number of aromatic nitrogens is 2. The molecule has 5 heteroatoms. The summed E-state index contributed by atoms with van der Waals surface area (Å²) in [6.07, 6.45) is 1.74. The number of fused-ring (bicyclic) bond motifs is 1. The molecule has 0 saturated heterocycles. The molecule has 0 aliphatic rings. The van der Waals surface area contributed by atoms with Crippen LogP contribution in [0, 0.1) is 0 Å². The molecule has 0 fully saturated rings. The van der Waals surface area contributed by atoms with Crippen molar-refractivity contribution in [2.24, 2.45) is 18.5 Å². The van der Waals surface area contributed by atoms with E-state index in [1.807, 2.05) is 17.7 Å². The summed E-state index contributed by atoms with van der Waals surface area (Å²) in [5.41, 5.74) is 13.0. The summed E-state index contributed by atoms with van der Waals surface area (Å²) in [6.45, 7) is 0.649. The minimum absolute atomic E-state index is 0.430. The van der Waals surface area contributed by atoms with E-state index in [2.05, 4.69) is 4.98 Å². The Labute approximate surface area is 99.4 Å². The Bertz CT molecular complexity index is 559. The molecule has 0 radical (unpaired) electrons. The summed E-state index contributed by atoms with van der Waals surface area (Å²) in [5, 5.41) is 0. The van der Waals surface area contributed by atoms with Crippen LogP contribution in [0.15, 0.2) is 18.2 Å². The van der Waals surface area contributed by atoms with Crippen molar-refractivity contribution in [2.75, 3.05) is 6.54 Å². The van der Waals surface area contributed by atoms with Gasteiger partial charge in [-0.15, -0.1) is 0 Å². The number of hydrogen-bond donors (Lipinski definition) is 2. The Hall–Kier alpha value is -1.88. The van der Waals surface area contributed by atoms with Gasteiger partial charge in [0.2, 0.25) is 5.91 Å². The Kier molecular flexibility index (Phi) is 3.10. The van der Waals surface area contributed by atoms with E-state index in [0.717, 1.165) is 29.7 Å². The molecule has 90 valence electrons. The fraction of sp³-hybridized carbons (Fsp3) is 0.333. The minimum atomic E-state index is -0.430. The van der Waals surface area contributed by atoms with Gasteiger partial charge in [-0.1, -0.05) is 0 Å². The number of benzene rings is 1. The number of nitrogens with zero attached hydrogens (tertiary/aromatic N) is 2. The summed E-state index contributed by atoms with van der Waals surface area (Å²) in [6, 6.07) is 5.32. The van der Waals surface area contributed by atoms with Gasteiger partial charge >= 0.3 is 0 Å². The van der Waals surface area contributed by atoms with Crippen LogP contribution in [-0.2, 0) is 13.5 Å². The zero-order valence-corrected chi connectivity index (χ0v) is 9.81. The number of hydrogen-bond acceptors (Lipinski definition) is 3. The summed E-state index contributed by atoms with van der Waals surface area (Å²) < 4.78 is 2.02. The van der Waals surface area contributed by atoms with Gasteiger partial charge in [0, 0.05) is 19.0 Å². The van der Waals surface area contributed by atoms with E-state index in [1.54, 1.807) is 12.1 Å². The quantitative estimate of drug-likeness (QED) is 0.807. The highest BCUT2D eigenvalue weighted by atomic mass is 16.1. The van der Waals surface area contributed by atoms with Gasteiger partial charge in [0.1, 0.15) is 5.82 Å². The molecule has 4 N–H and O–H groups in total. The van der Waals surface area contributed by atoms with Gasteiger partial charge in [0.25, 0.3) is 0 Å². The predicted molar refractivity (Wildman–Crippen MR) is 66.6 cm³/mol. The summed E-state index contributed by atoms with van der Waals surface area (Å²) in [4.78, 5) is 15.6. The summed E-state index contributed by atoms with van der Waals surface area (Å²) in [5.74, 6) is 0.549. The molecule has 1 amide bonds. The van der Waals surface area contributed by atoms with Crippen molar-refractivity contribution in [1.29, 1.82) is 0 Å². The number of imidazole rings is 1. The van der Waals surface area contributed by atoms with Gasteiger partial charge in [-0.25, -0.2) is 4.98 Å². The first kappa shape index (κ1) is 11.6.